The van der Waals surface area contributed by atoms with E-state index in [2.05, 4.69) is 68.3 Å². The minimum Gasteiger partial charge on any atom is -0.308 e. The average Bonchev–Trinajstić information content (AvgIpc) is 3.10. The summed E-state index contributed by atoms with van der Waals surface area (Å²) in [5.41, 5.74) is 2.47. The van der Waals surface area contributed by atoms with Gasteiger partial charge in [0, 0.05) is 34.2 Å². The van der Waals surface area contributed by atoms with Crippen molar-refractivity contribution in [3.05, 3.63) is 74.6 Å². The van der Waals surface area contributed by atoms with Gasteiger partial charge in [-0.3, -0.25) is 4.68 Å². The Morgan fingerprint density at radius 1 is 1.10 bits per heavy atom. The van der Waals surface area contributed by atoms with E-state index in [0.717, 1.165) is 19.6 Å². The molecule has 0 aliphatic rings. The van der Waals surface area contributed by atoms with Gasteiger partial charge >= 0.3 is 0 Å². The zero-order valence-electron chi connectivity index (χ0n) is 11.5. The maximum Gasteiger partial charge on any atom is 0.0659 e. The van der Waals surface area contributed by atoms with Crippen LogP contribution in [0.1, 0.15) is 16.0 Å². The van der Waals surface area contributed by atoms with Gasteiger partial charge in [0.1, 0.15) is 0 Å². The lowest BCUT2D eigenvalue weighted by Crippen LogP contribution is -2.11. The summed E-state index contributed by atoms with van der Waals surface area (Å²) < 4.78 is 3.16. The van der Waals surface area contributed by atoms with E-state index in [1.54, 1.807) is 11.3 Å². The zero-order valence-corrected chi connectivity index (χ0v) is 13.9. The molecule has 0 atom stereocenters. The number of thiophene rings is 1. The SMILES string of the molecule is Brc1ccsc1CNCc1cnn(Cc2ccccc2)c1. The maximum atomic E-state index is 4.41. The van der Waals surface area contributed by atoms with E-state index in [1.165, 1.54) is 20.5 Å². The summed E-state index contributed by atoms with van der Waals surface area (Å²) in [5.74, 6) is 0. The molecule has 0 spiro atoms. The van der Waals surface area contributed by atoms with Crippen LogP contribution >= 0.6 is 27.3 Å². The van der Waals surface area contributed by atoms with Crippen LogP contribution in [0, 0.1) is 0 Å². The van der Waals surface area contributed by atoms with E-state index in [0.29, 0.717) is 0 Å². The lowest BCUT2D eigenvalue weighted by Gasteiger charge is -2.02. The second-order valence-corrected chi connectivity index (χ2v) is 6.68. The third-order valence-corrected chi connectivity index (χ3v) is 5.11. The van der Waals surface area contributed by atoms with Gasteiger partial charge in [-0.1, -0.05) is 30.3 Å². The van der Waals surface area contributed by atoms with E-state index in [1.807, 2.05) is 16.9 Å². The normalized spacial score (nSPS) is 10.9. The molecule has 3 rings (SSSR count). The predicted octanol–water partition coefficient (Wildman–Crippen LogP) is 4.05. The summed E-state index contributed by atoms with van der Waals surface area (Å²) in [6, 6.07) is 12.5. The second kappa shape index (κ2) is 7.02. The minimum atomic E-state index is 0.817. The fourth-order valence-electron chi connectivity index (χ4n) is 2.13. The molecule has 2 aromatic heterocycles. The van der Waals surface area contributed by atoms with Gasteiger partial charge in [0.25, 0.3) is 0 Å². The molecule has 3 nitrogen and oxygen atoms in total. The first-order chi connectivity index (χ1) is 10.3. The number of rotatable bonds is 6. The van der Waals surface area contributed by atoms with E-state index in [9.17, 15) is 0 Å². The third kappa shape index (κ3) is 4.03. The highest BCUT2D eigenvalue weighted by Crippen LogP contribution is 2.22. The van der Waals surface area contributed by atoms with Crippen LogP contribution in [-0.4, -0.2) is 9.78 Å². The summed E-state index contributed by atoms with van der Waals surface area (Å²) in [5, 5.41) is 9.96. The average molecular weight is 362 g/mol. The number of aromatic nitrogens is 2. The molecular weight excluding hydrogens is 346 g/mol. The molecule has 0 saturated heterocycles. The van der Waals surface area contributed by atoms with Crippen molar-refractivity contribution in [1.82, 2.24) is 15.1 Å². The van der Waals surface area contributed by atoms with Gasteiger partial charge in [-0.05, 0) is 32.9 Å². The first-order valence-electron chi connectivity index (χ1n) is 6.79. The molecule has 2 heterocycles. The zero-order chi connectivity index (χ0) is 14.5. The molecule has 0 bridgehead atoms. The monoisotopic (exact) mass is 361 g/mol. The van der Waals surface area contributed by atoms with Crippen LogP contribution in [0.15, 0.2) is 58.6 Å². The quantitative estimate of drug-likeness (QED) is 0.717. The molecule has 0 aliphatic heterocycles. The minimum absolute atomic E-state index is 0.817. The topological polar surface area (TPSA) is 29.9 Å². The van der Waals surface area contributed by atoms with Crippen LogP contribution in [0.4, 0.5) is 0 Å². The van der Waals surface area contributed by atoms with Gasteiger partial charge in [-0.15, -0.1) is 11.3 Å². The Morgan fingerprint density at radius 2 is 1.95 bits per heavy atom. The van der Waals surface area contributed by atoms with E-state index < -0.39 is 0 Å². The first-order valence-corrected chi connectivity index (χ1v) is 8.46. The summed E-state index contributed by atoms with van der Waals surface area (Å²) >= 11 is 5.31. The van der Waals surface area contributed by atoms with Crippen molar-refractivity contribution in [3.63, 3.8) is 0 Å². The molecule has 21 heavy (non-hydrogen) atoms. The number of nitrogens with one attached hydrogen (secondary N) is 1. The summed E-state index contributed by atoms with van der Waals surface area (Å²) in [4.78, 5) is 1.33. The molecular formula is C16H16BrN3S. The largest absolute Gasteiger partial charge is 0.308 e. The van der Waals surface area contributed by atoms with Crippen LogP contribution in [0.25, 0.3) is 0 Å². The summed E-state index contributed by atoms with van der Waals surface area (Å²) in [6.07, 6.45) is 4.03. The third-order valence-electron chi connectivity index (χ3n) is 3.18. The number of hydrogen-bond donors (Lipinski definition) is 1. The molecule has 0 aliphatic carbocycles. The maximum absolute atomic E-state index is 4.41. The van der Waals surface area contributed by atoms with E-state index in [4.69, 9.17) is 0 Å². The number of benzene rings is 1. The van der Waals surface area contributed by atoms with Crippen LogP contribution in [0.5, 0.6) is 0 Å². The fourth-order valence-corrected chi connectivity index (χ4v) is 3.59. The van der Waals surface area contributed by atoms with Crippen LogP contribution in [0.3, 0.4) is 0 Å². The highest BCUT2D eigenvalue weighted by Gasteiger charge is 2.02. The van der Waals surface area contributed by atoms with Crippen molar-refractivity contribution in [3.8, 4) is 0 Å². The number of nitrogens with zero attached hydrogens (tertiary/aromatic N) is 2. The molecule has 5 heteroatoms. The van der Waals surface area contributed by atoms with Crippen molar-refractivity contribution in [2.75, 3.05) is 0 Å². The Morgan fingerprint density at radius 3 is 2.71 bits per heavy atom. The highest BCUT2D eigenvalue weighted by molar-refractivity contribution is 9.10. The van der Waals surface area contributed by atoms with Gasteiger partial charge in [0.2, 0.25) is 0 Å². The van der Waals surface area contributed by atoms with Crippen LogP contribution in [0.2, 0.25) is 0 Å². The standard InChI is InChI=1S/C16H16BrN3S/c17-15-6-7-21-16(15)10-18-8-14-9-19-20(12-14)11-13-4-2-1-3-5-13/h1-7,9,12,18H,8,10-11H2. The molecule has 0 saturated carbocycles. The Balaban J connectivity index is 1.52. The molecule has 0 fully saturated rings. The molecule has 1 aromatic carbocycles. The van der Waals surface area contributed by atoms with Crippen LogP contribution < -0.4 is 5.32 Å². The van der Waals surface area contributed by atoms with Gasteiger partial charge in [0.15, 0.2) is 0 Å². The lowest BCUT2D eigenvalue weighted by molar-refractivity contribution is 0.679. The number of halogens is 1. The van der Waals surface area contributed by atoms with E-state index >= 15 is 0 Å². The second-order valence-electron chi connectivity index (χ2n) is 4.83. The summed E-state index contributed by atoms with van der Waals surface area (Å²) in [6.45, 7) is 2.53. The Bertz CT molecular complexity index is 690. The molecule has 0 unspecified atom stereocenters. The molecule has 0 radical (unpaired) electrons. The predicted molar refractivity (Wildman–Crippen MR) is 90.3 cm³/mol. The first kappa shape index (κ1) is 14.5. The van der Waals surface area contributed by atoms with Crippen molar-refractivity contribution >= 4 is 27.3 Å². The fraction of sp³-hybridized carbons (Fsp3) is 0.188. The van der Waals surface area contributed by atoms with Gasteiger partial charge < -0.3 is 5.32 Å². The number of hydrogen-bond acceptors (Lipinski definition) is 3. The summed E-state index contributed by atoms with van der Waals surface area (Å²) in [7, 11) is 0. The van der Waals surface area contributed by atoms with Crippen molar-refractivity contribution in [1.29, 1.82) is 0 Å². The van der Waals surface area contributed by atoms with Gasteiger partial charge in [0.05, 0.1) is 12.7 Å². The van der Waals surface area contributed by atoms with Crippen molar-refractivity contribution in [2.45, 2.75) is 19.6 Å². The Kier molecular flexibility index (Phi) is 4.85. The Labute approximate surface area is 136 Å². The smallest absolute Gasteiger partial charge is 0.0659 e. The molecule has 1 N–H and O–H groups in total. The van der Waals surface area contributed by atoms with Crippen molar-refractivity contribution < 1.29 is 0 Å². The van der Waals surface area contributed by atoms with Gasteiger partial charge in [-0.25, -0.2) is 0 Å². The van der Waals surface area contributed by atoms with Crippen LogP contribution in [-0.2, 0) is 19.6 Å². The van der Waals surface area contributed by atoms with Gasteiger partial charge in [-0.2, -0.15) is 5.10 Å². The molecule has 0 amide bonds. The van der Waals surface area contributed by atoms with E-state index in [-0.39, 0.29) is 0 Å². The highest BCUT2D eigenvalue weighted by atomic mass is 79.9. The molecule has 3 aromatic rings. The lowest BCUT2D eigenvalue weighted by atomic mass is 10.2. The molecule has 108 valence electrons. The van der Waals surface area contributed by atoms with Crippen molar-refractivity contribution in [2.24, 2.45) is 0 Å². The Hall–Kier alpha value is -1.43.